The molecule has 3 N–H and O–H groups in total. The molecule has 0 aliphatic carbocycles. The number of nitrogens with zero attached hydrogens (tertiary/aromatic N) is 3. The molecule has 0 atom stereocenters. The van der Waals surface area contributed by atoms with Crippen molar-refractivity contribution in [3.05, 3.63) is 65.4 Å². The first-order chi connectivity index (χ1) is 13.8. The van der Waals surface area contributed by atoms with Crippen LogP contribution in [0.25, 0.3) is 0 Å². The lowest BCUT2D eigenvalue weighted by atomic mass is 10.1. The smallest absolute Gasteiger partial charge is 0.240 e. The average Bonchev–Trinajstić information content (AvgIpc) is 2.70. The monoisotopic (exact) mass is 412 g/mol. The second-order valence-electron chi connectivity index (χ2n) is 6.67. The van der Waals surface area contributed by atoms with Crippen LogP contribution in [0.2, 0.25) is 0 Å². The third kappa shape index (κ3) is 5.49. The molecule has 9 heteroatoms. The van der Waals surface area contributed by atoms with Gasteiger partial charge in [-0.1, -0.05) is 12.1 Å². The summed E-state index contributed by atoms with van der Waals surface area (Å²) < 4.78 is 27.7. The molecule has 8 nitrogen and oxygen atoms in total. The number of aromatic nitrogens is 3. The molecule has 1 aromatic carbocycles. The van der Waals surface area contributed by atoms with Gasteiger partial charge in [-0.25, -0.2) is 18.1 Å². The van der Waals surface area contributed by atoms with Crippen LogP contribution in [-0.4, -0.2) is 36.7 Å². The van der Waals surface area contributed by atoms with Gasteiger partial charge in [0.25, 0.3) is 0 Å². The molecular formula is C20H24N6O2S. The maximum atomic E-state index is 12.6. The number of benzene rings is 1. The minimum Gasteiger partial charge on any atom is -0.367 e. The number of sulfonamides is 1. The predicted octanol–water partition coefficient (Wildman–Crippen LogP) is 2.93. The highest BCUT2D eigenvalue weighted by Crippen LogP contribution is 2.19. The molecule has 0 bridgehead atoms. The lowest BCUT2D eigenvalue weighted by Crippen LogP contribution is -2.29. The Morgan fingerprint density at radius 1 is 0.828 bits per heavy atom. The number of hydrogen-bond acceptors (Lipinski definition) is 7. The minimum absolute atomic E-state index is 0.227. The Hall–Kier alpha value is -3.04. The summed E-state index contributed by atoms with van der Waals surface area (Å²) in [5.74, 6) is 1.80. The van der Waals surface area contributed by atoms with Gasteiger partial charge in [-0.3, -0.25) is 0 Å². The lowest BCUT2D eigenvalue weighted by Gasteiger charge is -2.12. The standard InChI is InChI=1S/C20H24N6O2S/c1-14-12-16(3)17(13-15(14)2)29(27,28)23-11-10-22-19-7-8-20(26-25-19)24-18-6-4-5-9-21-18/h4-9,12-13,23H,10-11H2,1-3H3,(H,22,25)(H,21,24,26). The van der Waals surface area contributed by atoms with E-state index in [1.807, 2.05) is 38.1 Å². The van der Waals surface area contributed by atoms with Gasteiger partial charge in [-0.05, 0) is 67.8 Å². The van der Waals surface area contributed by atoms with Crippen molar-refractivity contribution >= 4 is 27.5 Å². The fourth-order valence-corrected chi connectivity index (χ4v) is 4.08. The second kappa shape index (κ2) is 8.97. The molecule has 3 aromatic rings. The van der Waals surface area contributed by atoms with Gasteiger partial charge in [-0.15, -0.1) is 10.2 Å². The molecule has 2 aromatic heterocycles. The SMILES string of the molecule is Cc1cc(C)c(S(=O)(=O)NCCNc2ccc(Nc3ccccn3)nn2)cc1C. The van der Waals surface area contributed by atoms with Crippen molar-refractivity contribution in [1.29, 1.82) is 0 Å². The Labute approximate surface area is 170 Å². The van der Waals surface area contributed by atoms with E-state index >= 15 is 0 Å². The van der Waals surface area contributed by atoms with E-state index in [0.29, 0.717) is 28.9 Å². The summed E-state index contributed by atoms with van der Waals surface area (Å²) in [5, 5.41) is 14.2. The topological polar surface area (TPSA) is 109 Å². The molecule has 0 radical (unpaired) electrons. The summed E-state index contributed by atoms with van der Waals surface area (Å²) in [6.07, 6.45) is 1.69. The van der Waals surface area contributed by atoms with Crippen molar-refractivity contribution in [3.63, 3.8) is 0 Å². The lowest BCUT2D eigenvalue weighted by molar-refractivity contribution is 0.582. The van der Waals surface area contributed by atoms with Crippen molar-refractivity contribution in [1.82, 2.24) is 19.9 Å². The van der Waals surface area contributed by atoms with E-state index in [2.05, 4.69) is 30.5 Å². The van der Waals surface area contributed by atoms with E-state index in [4.69, 9.17) is 0 Å². The summed E-state index contributed by atoms with van der Waals surface area (Å²) in [6.45, 7) is 6.28. The second-order valence-corrected chi connectivity index (χ2v) is 8.41. The van der Waals surface area contributed by atoms with Crippen molar-refractivity contribution in [2.24, 2.45) is 0 Å². The van der Waals surface area contributed by atoms with Crippen LogP contribution < -0.4 is 15.4 Å². The Balaban J connectivity index is 1.52. The number of anilines is 3. The normalized spacial score (nSPS) is 11.3. The van der Waals surface area contributed by atoms with Crippen LogP contribution in [0, 0.1) is 20.8 Å². The Morgan fingerprint density at radius 2 is 1.55 bits per heavy atom. The number of rotatable bonds is 8. The number of hydrogen-bond donors (Lipinski definition) is 3. The van der Waals surface area contributed by atoms with Crippen LogP contribution in [0.3, 0.4) is 0 Å². The van der Waals surface area contributed by atoms with E-state index in [1.165, 1.54) is 0 Å². The molecule has 152 valence electrons. The highest BCUT2D eigenvalue weighted by Gasteiger charge is 2.17. The molecule has 0 saturated heterocycles. The maximum Gasteiger partial charge on any atom is 0.240 e. The van der Waals surface area contributed by atoms with Gasteiger partial charge in [0.2, 0.25) is 10.0 Å². The van der Waals surface area contributed by atoms with Crippen molar-refractivity contribution in [3.8, 4) is 0 Å². The van der Waals surface area contributed by atoms with Gasteiger partial charge in [-0.2, -0.15) is 0 Å². The van der Waals surface area contributed by atoms with E-state index in [-0.39, 0.29) is 6.54 Å². The van der Waals surface area contributed by atoms with Crippen LogP contribution in [0.15, 0.2) is 53.6 Å². The van der Waals surface area contributed by atoms with Crippen LogP contribution >= 0.6 is 0 Å². The number of pyridine rings is 1. The number of aryl methyl sites for hydroxylation is 3. The van der Waals surface area contributed by atoms with Gasteiger partial charge in [0, 0.05) is 19.3 Å². The summed E-state index contributed by atoms with van der Waals surface area (Å²) in [6, 6.07) is 12.7. The van der Waals surface area contributed by atoms with E-state index in [1.54, 1.807) is 31.3 Å². The number of nitrogens with one attached hydrogen (secondary N) is 3. The van der Waals surface area contributed by atoms with E-state index in [9.17, 15) is 8.42 Å². The molecule has 0 unspecified atom stereocenters. The van der Waals surface area contributed by atoms with Gasteiger partial charge >= 0.3 is 0 Å². The van der Waals surface area contributed by atoms with Gasteiger partial charge in [0.1, 0.15) is 11.6 Å². The summed E-state index contributed by atoms with van der Waals surface area (Å²) in [5.41, 5.74) is 2.75. The Morgan fingerprint density at radius 3 is 2.24 bits per heavy atom. The predicted molar refractivity (Wildman–Crippen MR) is 114 cm³/mol. The molecule has 2 heterocycles. The van der Waals surface area contributed by atoms with E-state index in [0.717, 1.165) is 16.7 Å². The summed E-state index contributed by atoms with van der Waals surface area (Å²) in [7, 11) is -3.57. The maximum absolute atomic E-state index is 12.6. The third-order valence-electron chi connectivity index (χ3n) is 4.39. The highest BCUT2D eigenvalue weighted by atomic mass is 32.2. The largest absolute Gasteiger partial charge is 0.367 e. The zero-order valence-corrected chi connectivity index (χ0v) is 17.4. The fraction of sp³-hybridized carbons (Fsp3) is 0.250. The molecule has 0 saturated carbocycles. The minimum atomic E-state index is -3.57. The molecule has 0 aliphatic rings. The Bertz CT molecular complexity index is 1070. The zero-order valence-electron chi connectivity index (χ0n) is 16.6. The van der Waals surface area contributed by atoms with Gasteiger partial charge in [0.05, 0.1) is 4.90 Å². The van der Waals surface area contributed by atoms with Crippen LogP contribution in [0.1, 0.15) is 16.7 Å². The van der Waals surface area contributed by atoms with Crippen molar-refractivity contribution in [2.45, 2.75) is 25.7 Å². The van der Waals surface area contributed by atoms with Crippen molar-refractivity contribution < 1.29 is 8.42 Å². The highest BCUT2D eigenvalue weighted by molar-refractivity contribution is 7.89. The molecule has 0 fully saturated rings. The van der Waals surface area contributed by atoms with E-state index < -0.39 is 10.0 Å². The first-order valence-electron chi connectivity index (χ1n) is 9.18. The molecule has 0 aliphatic heterocycles. The molecular weight excluding hydrogens is 388 g/mol. The average molecular weight is 413 g/mol. The van der Waals surface area contributed by atoms with Crippen LogP contribution in [0.5, 0.6) is 0 Å². The van der Waals surface area contributed by atoms with Gasteiger partial charge < -0.3 is 10.6 Å². The first-order valence-corrected chi connectivity index (χ1v) is 10.7. The zero-order chi connectivity index (χ0) is 20.9. The Kier molecular flexibility index (Phi) is 6.40. The first kappa shape index (κ1) is 20.7. The quantitative estimate of drug-likeness (QED) is 0.488. The van der Waals surface area contributed by atoms with Crippen LogP contribution in [-0.2, 0) is 10.0 Å². The van der Waals surface area contributed by atoms with Crippen LogP contribution in [0.4, 0.5) is 17.5 Å². The third-order valence-corrected chi connectivity index (χ3v) is 5.99. The van der Waals surface area contributed by atoms with Crippen molar-refractivity contribution in [2.75, 3.05) is 23.7 Å². The molecule has 29 heavy (non-hydrogen) atoms. The summed E-state index contributed by atoms with van der Waals surface area (Å²) >= 11 is 0. The molecule has 3 rings (SSSR count). The molecule has 0 amide bonds. The fourth-order valence-electron chi connectivity index (χ4n) is 2.74. The summed E-state index contributed by atoms with van der Waals surface area (Å²) in [4.78, 5) is 4.47. The molecule has 0 spiro atoms. The van der Waals surface area contributed by atoms with Gasteiger partial charge in [0.15, 0.2) is 5.82 Å².